The van der Waals surface area contributed by atoms with Gasteiger partial charge in [0.1, 0.15) is 0 Å². The van der Waals surface area contributed by atoms with Crippen LogP contribution in [0, 0.1) is 10.1 Å². The second-order valence-corrected chi connectivity index (χ2v) is 5.23. The highest BCUT2D eigenvalue weighted by Crippen LogP contribution is 2.24. The van der Waals surface area contributed by atoms with Crippen LogP contribution in [0.3, 0.4) is 0 Å². The molecule has 2 rings (SSSR count). The van der Waals surface area contributed by atoms with Gasteiger partial charge < -0.3 is 10.3 Å². The van der Waals surface area contributed by atoms with E-state index in [1.54, 1.807) is 35.8 Å². The van der Waals surface area contributed by atoms with Crippen molar-refractivity contribution in [2.24, 2.45) is 5.73 Å². The van der Waals surface area contributed by atoms with Gasteiger partial charge in [0.25, 0.3) is 11.2 Å². The van der Waals surface area contributed by atoms with Crippen molar-refractivity contribution in [3.63, 3.8) is 0 Å². The lowest BCUT2D eigenvalue weighted by Crippen LogP contribution is -2.28. The van der Waals surface area contributed by atoms with Crippen LogP contribution < -0.4 is 11.3 Å². The van der Waals surface area contributed by atoms with Crippen LogP contribution in [0.4, 0.5) is 5.69 Å². The first-order valence-corrected chi connectivity index (χ1v) is 7.19. The lowest BCUT2D eigenvalue weighted by atomic mass is 10.1. The fourth-order valence-corrected chi connectivity index (χ4v) is 2.42. The van der Waals surface area contributed by atoms with E-state index >= 15 is 0 Å². The number of nitro benzene ring substituents is 1. The number of benzene rings is 1. The largest absolute Gasteiger partial charge is 0.324 e. The molecule has 0 bridgehead atoms. The Bertz CT molecular complexity index is 751. The van der Waals surface area contributed by atoms with Crippen LogP contribution in [0.2, 0.25) is 0 Å². The Morgan fingerprint density at radius 3 is 2.64 bits per heavy atom. The van der Waals surface area contributed by atoms with Gasteiger partial charge in [0.05, 0.1) is 10.6 Å². The number of hydrogen-bond donors (Lipinski definition) is 1. The summed E-state index contributed by atoms with van der Waals surface area (Å²) in [4.78, 5) is 23.0. The summed E-state index contributed by atoms with van der Waals surface area (Å²) in [6.45, 7) is 4.28. The van der Waals surface area contributed by atoms with Crippen molar-refractivity contribution in [3.8, 4) is 11.3 Å². The highest BCUT2D eigenvalue weighted by atomic mass is 16.6. The Morgan fingerprint density at radius 1 is 1.32 bits per heavy atom. The topological polar surface area (TPSA) is 91.2 Å². The monoisotopic (exact) mass is 301 g/mol. The molecule has 0 amide bonds. The number of hydrogen-bond acceptors (Lipinski definition) is 4. The smallest absolute Gasteiger partial charge is 0.270 e. The maximum atomic E-state index is 12.6. The molecule has 2 aromatic rings. The van der Waals surface area contributed by atoms with Crippen molar-refractivity contribution in [1.82, 2.24) is 4.57 Å². The van der Waals surface area contributed by atoms with E-state index in [9.17, 15) is 14.9 Å². The number of non-ortho nitro benzene ring substituents is 1. The summed E-state index contributed by atoms with van der Waals surface area (Å²) >= 11 is 0. The van der Waals surface area contributed by atoms with Gasteiger partial charge in [-0.1, -0.05) is 19.1 Å². The lowest BCUT2D eigenvalue weighted by molar-refractivity contribution is -0.384. The minimum absolute atomic E-state index is 0.00395. The second kappa shape index (κ2) is 6.53. The molecular weight excluding hydrogens is 282 g/mol. The molecule has 0 radical (unpaired) electrons. The molecule has 0 saturated heterocycles. The average molecular weight is 301 g/mol. The van der Waals surface area contributed by atoms with E-state index in [4.69, 9.17) is 5.73 Å². The van der Waals surface area contributed by atoms with Crippen LogP contribution in [0.25, 0.3) is 11.3 Å². The molecule has 6 nitrogen and oxygen atoms in total. The maximum Gasteiger partial charge on any atom is 0.270 e. The predicted molar refractivity (Wildman–Crippen MR) is 85.7 cm³/mol. The standard InChI is InChI=1S/C16H19N3O3/c1-3-9-18-15(8-7-14(11(2)17)16(18)20)12-5-4-6-13(10-12)19(21)22/h4-8,10-11H,3,9,17H2,1-2H3. The molecule has 116 valence electrons. The van der Waals surface area contributed by atoms with Crippen molar-refractivity contribution in [2.45, 2.75) is 32.9 Å². The third-order valence-corrected chi connectivity index (χ3v) is 3.49. The van der Waals surface area contributed by atoms with Crippen molar-refractivity contribution < 1.29 is 4.92 Å². The SMILES string of the molecule is CCCn1c(-c2cccc([N+](=O)[O-])c2)ccc(C(C)N)c1=O. The van der Waals surface area contributed by atoms with Gasteiger partial charge in [-0.3, -0.25) is 14.9 Å². The van der Waals surface area contributed by atoms with Crippen molar-refractivity contribution >= 4 is 5.69 Å². The van der Waals surface area contributed by atoms with E-state index in [0.717, 1.165) is 6.42 Å². The van der Waals surface area contributed by atoms with Gasteiger partial charge in [-0.05, 0) is 25.5 Å². The van der Waals surface area contributed by atoms with Gasteiger partial charge in [0.2, 0.25) is 0 Å². The van der Waals surface area contributed by atoms with Gasteiger partial charge in [-0.2, -0.15) is 0 Å². The third-order valence-electron chi connectivity index (χ3n) is 3.49. The van der Waals surface area contributed by atoms with E-state index in [1.165, 1.54) is 12.1 Å². The Labute approximate surface area is 128 Å². The van der Waals surface area contributed by atoms with Crippen molar-refractivity contribution in [1.29, 1.82) is 0 Å². The molecule has 6 heteroatoms. The summed E-state index contributed by atoms with van der Waals surface area (Å²) in [6, 6.07) is 9.44. The Balaban J connectivity index is 2.65. The number of nitrogens with two attached hydrogens (primary N) is 1. The maximum absolute atomic E-state index is 12.6. The number of pyridine rings is 1. The first kappa shape index (κ1) is 15.9. The summed E-state index contributed by atoms with van der Waals surface area (Å²) in [5.41, 5.74) is 7.56. The van der Waals surface area contributed by atoms with Crippen LogP contribution in [-0.2, 0) is 6.54 Å². The fourth-order valence-electron chi connectivity index (χ4n) is 2.42. The summed E-state index contributed by atoms with van der Waals surface area (Å²) in [5, 5.41) is 10.9. The van der Waals surface area contributed by atoms with E-state index in [1.807, 2.05) is 6.92 Å². The summed E-state index contributed by atoms with van der Waals surface area (Å²) in [5.74, 6) is 0. The molecule has 0 saturated carbocycles. The minimum atomic E-state index is -0.442. The quantitative estimate of drug-likeness (QED) is 0.679. The molecule has 0 aliphatic carbocycles. The predicted octanol–water partition coefficient (Wildman–Crippen LogP) is 2.85. The van der Waals surface area contributed by atoms with Gasteiger partial charge in [0, 0.05) is 35.8 Å². The number of rotatable bonds is 5. The first-order valence-electron chi connectivity index (χ1n) is 7.19. The van der Waals surface area contributed by atoms with E-state index in [0.29, 0.717) is 23.4 Å². The summed E-state index contributed by atoms with van der Waals surface area (Å²) < 4.78 is 1.64. The van der Waals surface area contributed by atoms with Crippen LogP contribution in [0.5, 0.6) is 0 Å². The highest BCUT2D eigenvalue weighted by molar-refractivity contribution is 5.63. The van der Waals surface area contributed by atoms with Gasteiger partial charge in [0.15, 0.2) is 0 Å². The molecule has 1 atom stereocenters. The molecule has 0 fully saturated rings. The first-order chi connectivity index (χ1) is 10.5. The lowest BCUT2D eigenvalue weighted by Gasteiger charge is -2.15. The van der Waals surface area contributed by atoms with Crippen molar-refractivity contribution in [3.05, 3.63) is 62.4 Å². The van der Waals surface area contributed by atoms with E-state index in [2.05, 4.69) is 0 Å². The molecule has 0 aliphatic rings. The van der Waals surface area contributed by atoms with Gasteiger partial charge >= 0.3 is 0 Å². The van der Waals surface area contributed by atoms with Crippen LogP contribution >= 0.6 is 0 Å². The summed E-state index contributed by atoms with van der Waals surface area (Å²) in [7, 11) is 0. The zero-order valence-electron chi connectivity index (χ0n) is 12.7. The van der Waals surface area contributed by atoms with Crippen molar-refractivity contribution in [2.75, 3.05) is 0 Å². The van der Waals surface area contributed by atoms with E-state index < -0.39 is 4.92 Å². The molecular formula is C16H19N3O3. The number of nitro groups is 1. The van der Waals surface area contributed by atoms with Gasteiger partial charge in [-0.15, -0.1) is 0 Å². The highest BCUT2D eigenvalue weighted by Gasteiger charge is 2.14. The van der Waals surface area contributed by atoms with Crippen LogP contribution in [-0.4, -0.2) is 9.49 Å². The Kier molecular flexibility index (Phi) is 4.72. The molecule has 0 spiro atoms. The molecule has 1 unspecified atom stereocenters. The normalized spacial score (nSPS) is 12.1. The van der Waals surface area contributed by atoms with Crippen LogP contribution in [0.15, 0.2) is 41.2 Å². The van der Waals surface area contributed by atoms with Gasteiger partial charge in [-0.25, -0.2) is 0 Å². The van der Waals surface area contributed by atoms with E-state index in [-0.39, 0.29) is 17.3 Å². The number of nitrogens with zero attached hydrogens (tertiary/aromatic N) is 2. The fraction of sp³-hybridized carbons (Fsp3) is 0.312. The minimum Gasteiger partial charge on any atom is -0.324 e. The molecule has 1 heterocycles. The molecule has 0 aliphatic heterocycles. The Morgan fingerprint density at radius 2 is 2.05 bits per heavy atom. The zero-order chi connectivity index (χ0) is 16.3. The molecule has 2 N–H and O–H groups in total. The van der Waals surface area contributed by atoms with Crippen LogP contribution in [0.1, 0.15) is 31.9 Å². The summed E-state index contributed by atoms with van der Waals surface area (Å²) in [6.07, 6.45) is 0.782. The number of aromatic nitrogens is 1. The average Bonchev–Trinajstić information content (AvgIpc) is 2.49. The molecule has 1 aromatic carbocycles. The second-order valence-electron chi connectivity index (χ2n) is 5.23. The zero-order valence-corrected chi connectivity index (χ0v) is 12.7. The molecule has 1 aromatic heterocycles. The molecule has 22 heavy (non-hydrogen) atoms. The third kappa shape index (κ3) is 3.07. The Hall–Kier alpha value is -2.47.